The van der Waals surface area contributed by atoms with Crippen LogP contribution in [0.4, 0.5) is 4.79 Å². The van der Waals surface area contributed by atoms with Crippen molar-refractivity contribution in [2.75, 3.05) is 39.3 Å². The van der Waals surface area contributed by atoms with Crippen LogP contribution in [0.1, 0.15) is 64.2 Å². The molecule has 0 aromatic heterocycles. The van der Waals surface area contributed by atoms with Crippen LogP contribution >= 0.6 is 0 Å². The van der Waals surface area contributed by atoms with Gasteiger partial charge in [-0.05, 0) is 102 Å². The molecule has 2 amide bonds. The topological polar surface area (TPSA) is 47.6 Å². The van der Waals surface area contributed by atoms with Gasteiger partial charge in [0, 0.05) is 25.2 Å². The summed E-state index contributed by atoms with van der Waals surface area (Å²) in [7, 11) is 0. The summed E-state index contributed by atoms with van der Waals surface area (Å²) in [6.07, 6.45) is 12.4. The fourth-order valence-electron chi connectivity index (χ4n) is 5.99. The molecule has 0 radical (unpaired) electrons. The third-order valence-electron chi connectivity index (χ3n) is 7.45. The first-order chi connectivity index (χ1) is 12.8. The second-order valence-electron chi connectivity index (χ2n) is 8.97. The molecule has 0 spiro atoms. The van der Waals surface area contributed by atoms with Gasteiger partial charge in [0.15, 0.2) is 0 Å². The summed E-state index contributed by atoms with van der Waals surface area (Å²) < 4.78 is 0. The molecule has 0 saturated carbocycles. The van der Waals surface area contributed by atoms with Gasteiger partial charge in [0.2, 0.25) is 0 Å². The average molecular weight is 363 g/mol. The number of likely N-dealkylation sites (tertiary alicyclic amines) is 2. The molecule has 2 N–H and O–H groups in total. The van der Waals surface area contributed by atoms with Crippen LogP contribution < -0.4 is 10.6 Å². The second kappa shape index (κ2) is 8.92. The molecule has 4 aliphatic rings. The summed E-state index contributed by atoms with van der Waals surface area (Å²) in [5.74, 6) is 1.42. The number of rotatable bonds is 2. The van der Waals surface area contributed by atoms with Crippen molar-refractivity contribution in [1.82, 2.24) is 20.4 Å². The second-order valence-corrected chi connectivity index (χ2v) is 8.97. The van der Waals surface area contributed by atoms with Crippen LogP contribution in [0, 0.1) is 11.8 Å². The van der Waals surface area contributed by atoms with E-state index in [1.54, 1.807) is 0 Å². The Morgan fingerprint density at radius 3 is 1.46 bits per heavy atom. The monoisotopic (exact) mass is 362 g/mol. The zero-order chi connectivity index (χ0) is 17.8. The number of amides is 2. The highest BCUT2D eigenvalue weighted by Crippen LogP contribution is 2.33. The molecule has 26 heavy (non-hydrogen) atoms. The predicted molar refractivity (Wildman–Crippen MR) is 105 cm³/mol. The maximum absolute atomic E-state index is 13.7. The van der Waals surface area contributed by atoms with Gasteiger partial charge in [-0.25, -0.2) is 4.79 Å². The summed E-state index contributed by atoms with van der Waals surface area (Å²) in [4.78, 5) is 18.3. The lowest BCUT2D eigenvalue weighted by Crippen LogP contribution is -2.58. The Balaban J connectivity index is 1.47. The van der Waals surface area contributed by atoms with Gasteiger partial charge < -0.3 is 20.4 Å². The van der Waals surface area contributed by atoms with E-state index in [9.17, 15) is 4.79 Å². The molecule has 5 nitrogen and oxygen atoms in total. The van der Waals surface area contributed by atoms with E-state index in [0.717, 1.165) is 39.3 Å². The van der Waals surface area contributed by atoms with Gasteiger partial charge in [-0.1, -0.05) is 0 Å². The smallest absolute Gasteiger partial charge is 0.320 e. The van der Waals surface area contributed by atoms with Crippen molar-refractivity contribution in [3.8, 4) is 0 Å². The molecule has 4 saturated heterocycles. The van der Waals surface area contributed by atoms with Gasteiger partial charge in [-0.3, -0.25) is 0 Å². The summed E-state index contributed by atoms with van der Waals surface area (Å²) in [6.45, 7) is 6.50. The van der Waals surface area contributed by atoms with E-state index in [-0.39, 0.29) is 0 Å². The molecule has 0 aromatic rings. The lowest BCUT2D eigenvalue weighted by molar-refractivity contribution is 0.0466. The van der Waals surface area contributed by atoms with E-state index in [0.29, 0.717) is 30.0 Å². The van der Waals surface area contributed by atoms with Crippen molar-refractivity contribution < 1.29 is 4.79 Å². The van der Waals surface area contributed by atoms with Crippen LogP contribution in [0.2, 0.25) is 0 Å². The summed E-state index contributed by atoms with van der Waals surface area (Å²) in [6, 6.07) is 1.37. The Morgan fingerprint density at radius 1 is 0.615 bits per heavy atom. The largest absolute Gasteiger partial charge is 0.321 e. The van der Waals surface area contributed by atoms with Crippen molar-refractivity contribution in [1.29, 1.82) is 0 Å². The fourth-order valence-corrected chi connectivity index (χ4v) is 5.99. The van der Waals surface area contributed by atoms with Gasteiger partial charge in [0.25, 0.3) is 0 Å². The molecule has 2 atom stereocenters. The van der Waals surface area contributed by atoms with E-state index in [2.05, 4.69) is 20.4 Å². The molecular weight excluding hydrogens is 324 g/mol. The van der Waals surface area contributed by atoms with Crippen LogP contribution in [0.5, 0.6) is 0 Å². The van der Waals surface area contributed by atoms with Crippen molar-refractivity contribution in [3.05, 3.63) is 0 Å². The first-order valence-corrected chi connectivity index (χ1v) is 11.3. The van der Waals surface area contributed by atoms with E-state index < -0.39 is 0 Å². The average Bonchev–Trinajstić information content (AvgIpc) is 2.74. The number of hydrogen-bond acceptors (Lipinski definition) is 3. The normalized spacial score (nSPS) is 32.6. The zero-order valence-electron chi connectivity index (χ0n) is 16.4. The van der Waals surface area contributed by atoms with Crippen LogP contribution in [-0.4, -0.2) is 67.2 Å². The van der Waals surface area contributed by atoms with E-state index >= 15 is 0 Å². The molecule has 148 valence electrons. The number of urea groups is 1. The van der Waals surface area contributed by atoms with Crippen LogP contribution in [-0.2, 0) is 0 Å². The van der Waals surface area contributed by atoms with E-state index in [1.165, 1.54) is 64.2 Å². The SMILES string of the molecule is O=C(N1CCCCC1C1CCNCC1)N1CCCCC1C1CCNCC1. The minimum absolute atomic E-state index is 0.386. The van der Waals surface area contributed by atoms with E-state index in [1.807, 2.05) is 0 Å². The Bertz CT molecular complexity index is 419. The predicted octanol–water partition coefficient (Wildman–Crippen LogP) is 2.81. The van der Waals surface area contributed by atoms with Gasteiger partial charge in [-0.15, -0.1) is 0 Å². The quantitative estimate of drug-likeness (QED) is 0.794. The van der Waals surface area contributed by atoms with Crippen molar-refractivity contribution in [3.63, 3.8) is 0 Å². The highest BCUT2D eigenvalue weighted by Gasteiger charge is 2.40. The number of nitrogens with one attached hydrogen (secondary N) is 2. The molecule has 4 heterocycles. The van der Waals surface area contributed by atoms with Crippen molar-refractivity contribution in [2.45, 2.75) is 76.3 Å². The number of piperidine rings is 4. The third-order valence-corrected chi connectivity index (χ3v) is 7.45. The lowest BCUT2D eigenvalue weighted by Gasteiger charge is -2.48. The molecule has 0 aromatic carbocycles. The molecule has 4 rings (SSSR count). The van der Waals surface area contributed by atoms with Crippen molar-refractivity contribution in [2.24, 2.45) is 11.8 Å². The minimum atomic E-state index is 0.386. The summed E-state index contributed by atoms with van der Waals surface area (Å²) in [5, 5.41) is 6.98. The molecule has 4 aliphatic heterocycles. The standard InChI is InChI=1S/C21H38N4O/c26-21(24-15-3-1-5-19(24)17-7-11-22-12-8-17)25-16-4-2-6-20(25)18-9-13-23-14-10-18/h17-20,22-23H,1-16H2. The lowest BCUT2D eigenvalue weighted by atomic mass is 9.83. The Morgan fingerprint density at radius 2 is 1.04 bits per heavy atom. The molecular formula is C21H38N4O. The van der Waals surface area contributed by atoms with Crippen LogP contribution in [0.3, 0.4) is 0 Å². The molecule has 0 aliphatic carbocycles. The van der Waals surface area contributed by atoms with Crippen molar-refractivity contribution >= 4 is 6.03 Å². The Hall–Kier alpha value is -0.810. The van der Waals surface area contributed by atoms with Gasteiger partial charge in [0.1, 0.15) is 0 Å². The first-order valence-electron chi connectivity index (χ1n) is 11.3. The number of carbonyl (C=O) groups excluding carboxylic acids is 1. The van der Waals surface area contributed by atoms with Crippen LogP contribution in [0.15, 0.2) is 0 Å². The van der Waals surface area contributed by atoms with Gasteiger partial charge >= 0.3 is 6.03 Å². The Kier molecular flexibility index (Phi) is 6.36. The van der Waals surface area contributed by atoms with Crippen LogP contribution in [0.25, 0.3) is 0 Å². The molecule has 4 fully saturated rings. The molecule has 2 unspecified atom stereocenters. The Labute approximate surface area is 159 Å². The summed E-state index contributed by atoms with van der Waals surface area (Å²) in [5.41, 5.74) is 0. The number of hydrogen-bond donors (Lipinski definition) is 2. The molecule has 5 heteroatoms. The highest BCUT2D eigenvalue weighted by atomic mass is 16.2. The fraction of sp³-hybridized carbons (Fsp3) is 0.952. The first kappa shape index (κ1) is 18.5. The zero-order valence-corrected chi connectivity index (χ0v) is 16.4. The highest BCUT2D eigenvalue weighted by molar-refractivity contribution is 5.75. The number of carbonyl (C=O) groups is 1. The number of nitrogens with zero attached hydrogens (tertiary/aromatic N) is 2. The van der Waals surface area contributed by atoms with Gasteiger partial charge in [0.05, 0.1) is 0 Å². The van der Waals surface area contributed by atoms with E-state index in [4.69, 9.17) is 0 Å². The van der Waals surface area contributed by atoms with Gasteiger partial charge in [-0.2, -0.15) is 0 Å². The maximum atomic E-state index is 13.7. The maximum Gasteiger partial charge on any atom is 0.320 e. The minimum Gasteiger partial charge on any atom is -0.321 e. The summed E-state index contributed by atoms with van der Waals surface area (Å²) >= 11 is 0. The third kappa shape index (κ3) is 4.04. The molecule has 0 bridgehead atoms.